The number of benzene rings is 1. The summed E-state index contributed by atoms with van der Waals surface area (Å²) in [4.78, 5) is 8.89. The number of aliphatic imine (C=N–C) groups is 1. The molecule has 0 atom stereocenters. The number of nitrogens with zero attached hydrogens (tertiary/aromatic N) is 2. The Bertz CT molecular complexity index is 631. The number of ether oxygens (including phenoxy) is 2. The largest absolute Gasteiger partial charge is 0.382 e. The normalized spacial score (nSPS) is 11.5. The van der Waals surface area contributed by atoms with Crippen LogP contribution in [0.2, 0.25) is 0 Å². The SMILES string of the molecule is CN=C(NCCCOCCOC)NCc1csc(-c2ccccc2)n1. The molecule has 6 nitrogen and oxygen atoms in total. The minimum absolute atomic E-state index is 0.634. The van der Waals surface area contributed by atoms with E-state index in [9.17, 15) is 0 Å². The molecule has 0 unspecified atom stereocenters. The predicted octanol–water partition coefficient (Wildman–Crippen LogP) is 2.53. The van der Waals surface area contributed by atoms with Gasteiger partial charge in [0.1, 0.15) is 5.01 Å². The second kappa shape index (κ2) is 11.6. The first-order valence-electron chi connectivity index (χ1n) is 8.34. The minimum Gasteiger partial charge on any atom is -0.382 e. The molecule has 0 aliphatic heterocycles. The van der Waals surface area contributed by atoms with Gasteiger partial charge >= 0.3 is 0 Å². The van der Waals surface area contributed by atoms with E-state index >= 15 is 0 Å². The zero-order valence-corrected chi connectivity index (χ0v) is 15.6. The van der Waals surface area contributed by atoms with Crippen LogP contribution >= 0.6 is 11.3 Å². The molecule has 2 aromatic rings. The van der Waals surface area contributed by atoms with Crippen molar-refractivity contribution in [2.45, 2.75) is 13.0 Å². The number of methoxy groups -OCH3 is 1. The lowest BCUT2D eigenvalue weighted by atomic mass is 10.2. The zero-order valence-electron chi connectivity index (χ0n) is 14.8. The first-order chi connectivity index (χ1) is 12.3. The van der Waals surface area contributed by atoms with Crippen molar-refractivity contribution in [3.8, 4) is 10.6 Å². The molecule has 0 saturated heterocycles. The van der Waals surface area contributed by atoms with Crippen molar-refractivity contribution < 1.29 is 9.47 Å². The van der Waals surface area contributed by atoms with Crippen molar-refractivity contribution in [3.63, 3.8) is 0 Å². The molecular weight excluding hydrogens is 336 g/mol. The summed E-state index contributed by atoms with van der Waals surface area (Å²) < 4.78 is 10.4. The second-order valence-corrected chi connectivity index (χ2v) is 6.18. The van der Waals surface area contributed by atoms with Crippen molar-refractivity contribution in [2.24, 2.45) is 4.99 Å². The van der Waals surface area contributed by atoms with E-state index in [4.69, 9.17) is 9.47 Å². The third-order valence-corrected chi connectivity index (χ3v) is 4.36. The quantitative estimate of drug-likeness (QED) is 0.386. The van der Waals surface area contributed by atoms with Gasteiger partial charge in [0.15, 0.2) is 5.96 Å². The molecule has 0 bridgehead atoms. The van der Waals surface area contributed by atoms with Gasteiger partial charge in [0, 0.05) is 38.3 Å². The molecule has 25 heavy (non-hydrogen) atoms. The first kappa shape index (κ1) is 19.4. The van der Waals surface area contributed by atoms with Gasteiger partial charge in [-0.25, -0.2) is 4.98 Å². The maximum Gasteiger partial charge on any atom is 0.191 e. The van der Waals surface area contributed by atoms with Gasteiger partial charge in [-0.05, 0) is 6.42 Å². The monoisotopic (exact) mass is 362 g/mol. The molecule has 7 heteroatoms. The fourth-order valence-electron chi connectivity index (χ4n) is 2.12. The molecule has 2 N–H and O–H groups in total. The summed E-state index contributed by atoms with van der Waals surface area (Å²) in [6.07, 6.45) is 0.916. The van der Waals surface area contributed by atoms with Gasteiger partial charge in [0.25, 0.3) is 0 Å². The van der Waals surface area contributed by atoms with E-state index in [0.717, 1.165) is 35.2 Å². The molecule has 2 rings (SSSR count). The Balaban J connectivity index is 1.68. The van der Waals surface area contributed by atoms with Gasteiger partial charge in [0.05, 0.1) is 25.5 Å². The fourth-order valence-corrected chi connectivity index (χ4v) is 2.95. The summed E-state index contributed by atoms with van der Waals surface area (Å²) in [5.41, 5.74) is 2.16. The van der Waals surface area contributed by atoms with Crippen LogP contribution in [0.25, 0.3) is 10.6 Å². The number of hydrogen-bond acceptors (Lipinski definition) is 5. The molecule has 136 valence electrons. The van der Waals surface area contributed by atoms with E-state index in [1.807, 2.05) is 18.2 Å². The molecule has 1 aromatic heterocycles. The lowest BCUT2D eigenvalue weighted by Gasteiger charge is -2.11. The molecule has 0 aliphatic rings. The van der Waals surface area contributed by atoms with Crippen molar-refractivity contribution in [1.29, 1.82) is 0 Å². The Labute approximate surface area is 153 Å². The van der Waals surface area contributed by atoms with Gasteiger partial charge in [0.2, 0.25) is 0 Å². The molecule has 0 aliphatic carbocycles. The number of aromatic nitrogens is 1. The van der Waals surface area contributed by atoms with Crippen LogP contribution in [-0.4, -0.2) is 51.5 Å². The Morgan fingerprint density at radius 3 is 2.76 bits per heavy atom. The Morgan fingerprint density at radius 1 is 1.16 bits per heavy atom. The van der Waals surface area contributed by atoms with Crippen LogP contribution in [-0.2, 0) is 16.0 Å². The van der Waals surface area contributed by atoms with Gasteiger partial charge in [-0.15, -0.1) is 11.3 Å². The molecular formula is C18H26N4O2S. The minimum atomic E-state index is 0.634. The second-order valence-electron chi connectivity index (χ2n) is 5.32. The standard InChI is InChI=1S/C18H26N4O2S/c1-19-18(20-9-6-10-24-12-11-23-2)21-13-16-14-25-17(22-16)15-7-4-3-5-8-15/h3-5,7-8,14H,6,9-13H2,1-2H3,(H2,19,20,21). The lowest BCUT2D eigenvalue weighted by Crippen LogP contribution is -2.37. The average Bonchev–Trinajstić information content (AvgIpc) is 3.13. The number of hydrogen-bond donors (Lipinski definition) is 2. The van der Waals surface area contributed by atoms with E-state index < -0.39 is 0 Å². The van der Waals surface area contributed by atoms with Crippen molar-refractivity contribution in [3.05, 3.63) is 41.4 Å². The fraction of sp³-hybridized carbons (Fsp3) is 0.444. The molecule has 1 heterocycles. The van der Waals surface area contributed by atoms with Gasteiger partial charge < -0.3 is 20.1 Å². The van der Waals surface area contributed by atoms with Crippen LogP contribution in [0.1, 0.15) is 12.1 Å². The first-order valence-corrected chi connectivity index (χ1v) is 9.22. The summed E-state index contributed by atoms with van der Waals surface area (Å²) in [5, 5.41) is 9.67. The Hall–Kier alpha value is -1.96. The third kappa shape index (κ3) is 7.21. The lowest BCUT2D eigenvalue weighted by molar-refractivity contribution is 0.0698. The van der Waals surface area contributed by atoms with Crippen molar-refractivity contribution in [2.75, 3.05) is 40.5 Å². The summed E-state index contributed by atoms with van der Waals surface area (Å²) >= 11 is 1.65. The van der Waals surface area contributed by atoms with Crippen LogP contribution in [0.3, 0.4) is 0 Å². The van der Waals surface area contributed by atoms with Crippen LogP contribution < -0.4 is 10.6 Å². The molecule has 0 fully saturated rings. The smallest absolute Gasteiger partial charge is 0.191 e. The topological polar surface area (TPSA) is 67.8 Å². The zero-order chi connectivity index (χ0) is 17.7. The summed E-state index contributed by atoms with van der Waals surface area (Å²) in [7, 11) is 3.44. The van der Waals surface area contributed by atoms with E-state index in [-0.39, 0.29) is 0 Å². The summed E-state index contributed by atoms with van der Waals surface area (Å²) in [5.74, 6) is 0.770. The molecule has 1 aromatic carbocycles. The van der Waals surface area contributed by atoms with E-state index in [2.05, 4.69) is 38.1 Å². The highest BCUT2D eigenvalue weighted by atomic mass is 32.1. The molecule has 0 saturated carbocycles. The van der Waals surface area contributed by atoms with Crippen LogP contribution in [0.15, 0.2) is 40.7 Å². The maximum absolute atomic E-state index is 5.43. The number of guanidine groups is 1. The van der Waals surface area contributed by atoms with Crippen molar-refractivity contribution in [1.82, 2.24) is 15.6 Å². The molecule has 0 spiro atoms. The molecule has 0 amide bonds. The number of rotatable bonds is 10. The summed E-state index contributed by atoms with van der Waals surface area (Å²) in [6.45, 7) is 3.43. The third-order valence-electron chi connectivity index (χ3n) is 3.42. The van der Waals surface area contributed by atoms with E-state index in [0.29, 0.717) is 26.4 Å². The Morgan fingerprint density at radius 2 is 2.00 bits per heavy atom. The maximum atomic E-state index is 5.43. The van der Waals surface area contributed by atoms with E-state index in [1.54, 1.807) is 25.5 Å². The molecule has 0 radical (unpaired) electrons. The van der Waals surface area contributed by atoms with E-state index in [1.165, 1.54) is 0 Å². The van der Waals surface area contributed by atoms with Gasteiger partial charge in [-0.3, -0.25) is 4.99 Å². The van der Waals surface area contributed by atoms with Crippen LogP contribution in [0.4, 0.5) is 0 Å². The van der Waals surface area contributed by atoms with Gasteiger partial charge in [-0.1, -0.05) is 30.3 Å². The van der Waals surface area contributed by atoms with Crippen molar-refractivity contribution >= 4 is 17.3 Å². The van der Waals surface area contributed by atoms with Gasteiger partial charge in [-0.2, -0.15) is 0 Å². The van der Waals surface area contributed by atoms with Crippen LogP contribution in [0.5, 0.6) is 0 Å². The average molecular weight is 362 g/mol. The highest BCUT2D eigenvalue weighted by Crippen LogP contribution is 2.23. The number of nitrogens with one attached hydrogen (secondary N) is 2. The summed E-state index contributed by atoms with van der Waals surface area (Å²) in [6, 6.07) is 10.2. The van der Waals surface area contributed by atoms with Crippen LogP contribution in [0, 0.1) is 0 Å². The highest BCUT2D eigenvalue weighted by molar-refractivity contribution is 7.13. The Kier molecular flexibility index (Phi) is 8.96. The predicted molar refractivity (Wildman–Crippen MR) is 103 cm³/mol. The number of thiazole rings is 1. The highest BCUT2D eigenvalue weighted by Gasteiger charge is 2.05.